The molecule has 0 spiro atoms. The van der Waals surface area contributed by atoms with E-state index in [1.165, 1.54) is 50.1 Å². The number of benzene rings is 4. The van der Waals surface area contributed by atoms with Crippen LogP contribution in [0.15, 0.2) is 97.2 Å². The van der Waals surface area contributed by atoms with Crippen LogP contribution in [0.25, 0.3) is 33.5 Å². The van der Waals surface area contributed by atoms with E-state index in [-0.39, 0.29) is 52.6 Å². The van der Waals surface area contributed by atoms with Crippen molar-refractivity contribution in [3.05, 3.63) is 137 Å². The van der Waals surface area contributed by atoms with Crippen molar-refractivity contribution in [3.63, 3.8) is 0 Å². The molecule has 0 amide bonds. The van der Waals surface area contributed by atoms with Crippen molar-refractivity contribution in [1.82, 2.24) is 4.98 Å². The Kier molecular flexibility index (Phi) is 9.65. The minimum absolute atomic E-state index is 0. The maximum atomic E-state index is 4.46. The van der Waals surface area contributed by atoms with E-state index in [1.807, 2.05) is 18.3 Å². The van der Waals surface area contributed by atoms with Crippen LogP contribution in [-0.4, -0.2) is 4.98 Å². The molecule has 0 atom stereocenters. The first-order chi connectivity index (χ1) is 22.8. The zero-order chi connectivity index (χ0) is 35.8. The fourth-order valence-electron chi connectivity index (χ4n) is 8.59. The largest absolute Gasteiger partial charge is 0.305 e. The Hall–Kier alpha value is -3.32. The number of pyridine rings is 1. The van der Waals surface area contributed by atoms with Gasteiger partial charge >= 0.3 is 0 Å². The standard InChI is InChI=1S/C28H31.C20H24N.Ir/c1-19-17-21(20-11-9-8-10-12-20)13-15-23(19)22-14-16-24-25(18-22)27(4,5)28(6,7)26(24,2)3;1-18(2)15-11-10-14(17-9-7-8-12-21-17)13-16(15)19(3,4)20(18,5)6;/h8-14,16-18H,1-7H3;7-9,11-13H,1-6H3;/q2*-1;. The van der Waals surface area contributed by atoms with Gasteiger partial charge < -0.3 is 4.98 Å². The van der Waals surface area contributed by atoms with Gasteiger partial charge in [0.15, 0.2) is 0 Å². The van der Waals surface area contributed by atoms with Crippen LogP contribution in [-0.2, 0) is 41.8 Å². The predicted molar refractivity (Wildman–Crippen MR) is 209 cm³/mol. The molecule has 4 aromatic carbocycles. The van der Waals surface area contributed by atoms with E-state index in [0.29, 0.717) is 0 Å². The normalized spacial score (nSPS) is 19.3. The Bertz CT molecular complexity index is 2010. The van der Waals surface area contributed by atoms with Crippen LogP contribution in [0, 0.1) is 29.9 Å². The molecule has 1 heterocycles. The van der Waals surface area contributed by atoms with Gasteiger partial charge in [0.05, 0.1) is 0 Å². The van der Waals surface area contributed by atoms with E-state index >= 15 is 0 Å². The van der Waals surface area contributed by atoms with Crippen molar-refractivity contribution in [2.45, 2.75) is 112 Å². The Morgan fingerprint density at radius 2 is 1.04 bits per heavy atom. The quantitative estimate of drug-likeness (QED) is 0.165. The maximum absolute atomic E-state index is 4.46. The van der Waals surface area contributed by atoms with Gasteiger partial charge in [-0.05, 0) is 55.4 Å². The third-order valence-electron chi connectivity index (χ3n) is 14.4. The molecule has 1 aromatic heterocycles. The van der Waals surface area contributed by atoms with Crippen molar-refractivity contribution in [2.24, 2.45) is 10.8 Å². The summed E-state index contributed by atoms with van der Waals surface area (Å²) in [6.07, 6.45) is 1.84. The summed E-state index contributed by atoms with van der Waals surface area (Å²) in [5, 5.41) is 0. The molecule has 5 aromatic rings. The zero-order valence-electron chi connectivity index (χ0n) is 32.5. The summed E-state index contributed by atoms with van der Waals surface area (Å²) in [6.45, 7) is 30.8. The summed E-state index contributed by atoms with van der Waals surface area (Å²) in [6, 6.07) is 39.6. The monoisotopic (exact) mass is 838 g/mol. The Morgan fingerprint density at radius 1 is 0.480 bits per heavy atom. The SMILES string of the molecule is CC1(C)c2c[c-]c(-c3ccccn3)cc2C(C)(C)C1(C)C.Cc1cc(-c2ccccc2)c[c-]c1-c1ccc2c(c1)C(C)(C)C(C)(C)C2(C)C.[Ir]. The summed E-state index contributed by atoms with van der Waals surface area (Å²) in [7, 11) is 0. The minimum Gasteiger partial charge on any atom is -0.305 e. The summed E-state index contributed by atoms with van der Waals surface area (Å²) in [4.78, 5) is 4.46. The Balaban J connectivity index is 0.000000198. The predicted octanol–water partition coefficient (Wildman–Crippen LogP) is 12.9. The molecule has 2 aliphatic carbocycles. The molecule has 1 radical (unpaired) electrons. The first-order valence-electron chi connectivity index (χ1n) is 18.0. The molecule has 0 N–H and O–H groups in total. The fraction of sp³-hybridized carbons (Fsp3) is 0.396. The number of rotatable bonds is 3. The molecule has 0 aliphatic heterocycles. The minimum atomic E-state index is 0. The van der Waals surface area contributed by atoms with Crippen molar-refractivity contribution in [1.29, 1.82) is 0 Å². The molecular formula is C48H55IrN-2. The van der Waals surface area contributed by atoms with E-state index in [4.69, 9.17) is 0 Å². The van der Waals surface area contributed by atoms with Gasteiger partial charge in [-0.1, -0.05) is 167 Å². The first-order valence-corrected chi connectivity index (χ1v) is 18.0. The van der Waals surface area contributed by atoms with Crippen LogP contribution in [0.5, 0.6) is 0 Å². The van der Waals surface area contributed by atoms with Crippen molar-refractivity contribution in [2.75, 3.05) is 0 Å². The fourth-order valence-corrected chi connectivity index (χ4v) is 8.59. The molecule has 50 heavy (non-hydrogen) atoms. The van der Waals surface area contributed by atoms with E-state index in [0.717, 1.165) is 11.3 Å². The molecule has 263 valence electrons. The number of nitrogens with zero attached hydrogens (tertiary/aromatic N) is 1. The van der Waals surface area contributed by atoms with Gasteiger partial charge in [-0.15, -0.1) is 64.2 Å². The first kappa shape index (κ1) is 37.9. The van der Waals surface area contributed by atoms with E-state index < -0.39 is 0 Å². The van der Waals surface area contributed by atoms with Crippen molar-refractivity contribution >= 4 is 0 Å². The van der Waals surface area contributed by atoms with E-state index in [2.05, 4.69) is 186 Å². The smallest absolute Gasteiger partial charge is 0.0160 e. The third-order valence-corrected chi connectivity index (χ3v) is 14.4. The summed E-state index contributed by atoms with van der Waals surface area (Å²) in [5.41, 5.74) is 15.1. The van der Waals surface area contributed by atoms with Gasteiger partial charge in [0.2, 0.25) is 0 Å². The summed E-state index contributed by atoms with van der Waals surface area (Å²) >= 11 is 0. The van der Waals surface area contributed by atoms with Gasteiger partial charge in [0, 0.05) is 26.3 Å². The maximum Gasteiger partial charge on any atom is 0.0160 e. The molecule has 1 nitrogen and oxygen atoms in total. The van der Waals surface area contributed by atoms with Crippen LogP contribution >= 0.6 is 0 Å². The molecule has 0 bridgehead atoms. The molecule has 0 fully saturated rings. The average molecular weight is 838 g/mol. The molecule has 2 aliphatic rings. The molecule has 0 unspecified atom stereocenters. The Morgan fingerprint density at radius 3 is 1.62 bits per heavy atom. The second-order valence-electron chi connectivity index (χ2n) is 17.7. The Labute approximate surface area is 316 Å². The van der Waals surface area contributed by atoms with Crippen molar-refractivity contribution < 1.29 is 20.1 Å². The zero-order valence-corrected chi connectivity index (χ0v) is 34.9. The van der Waals surface area contributed by atoms with Crippen LogP contribution in [0.2, 0.25) is 0 Å². The van der Waals surface area contributed by atoms with Crippen molar-refractivity contribution in [3.8, 4) is 33.5 Å². The van der Waals surface area contributed by atoms with Gasteiger partial charge in [-0.25, -0.2) is 0 Å². The number of hydrogen-bond acceptors (Lipinski definition) is 1. The molecule has 0 saturated heterocycles. The van der Waals surface area contributed by atoms with Gasteiger partial charge in [-0.3, -0.25) is 0 Å². The number of hydrogen-bond donors (Lipinski definition) is 0. The van der Waals surface area contributed by atoms with E-state index in [1.54, 1.807) is 0 Å². The number of aromatic nitrogens is 1. The van der Waals surface area contributed by atoms with E-state index in [9.17, 15) is 0 Å². The topological polar surface area (TPSA) is 12.9 Å². The van der Waals surface area contributed by atoms with Crippen LogP contribution in [0.4, 0.5) is 0 Å². The summed E-state index contributed by atoms with van der Waals surface area (Å²) in [5.74, 6) is 0. The second kappa shape index (κ2) is 12.7. The van der Waals surface area contributed by atoms with Gasteiger partial charge in [0.1, 0.15) is 0 Å². The summed E-state index contributed by atoms with van der Waals surface area (Å²) < 4.78 is 0. The van der Waals surface area contributed by atoms with Gasteiger partial charge in [0.25, 0.3) is 0 Å². The second-order valence-corrected chi connectivity index (χ2v) is 17.7. The number of fused-ring (bicyclic) bond motifs is 2. The third kappa shape index (κ3) is 5.57. The molecular weight excluding hydrogens is 783 g/mol. The molecule has 2 heteroatoms. The number of aryl methyl sites for hydroxylation is 1. The van der Waals surface area contributed by atoms with Gasteiger partial charge in [-0.2, -0.15) is 0 Å². The van der Waals surface area contributed by atoms with Crippen LogP contribution in [0.3, 0.4) is 0 Å². The van der Waals surface area contributed by atoms with Crippen LogP contribution < -0.4 is 0 Å². The average Bonchev–Trinajstić information content (AvgIpc) is 3.25. The van der Waals surface area contributed by atoms with Crippen LogP contribution in [0.1, 0.15) is 111 Å². The molecule has 0 saturated carbocycles. The molecule has 7 rings (SSSR count).